The molecule has 8 heteroatoms. The van der Waals surface area contributed by atoms with Crippen LogP contribution in [0.4, 0.5) is 11.9 Å². The Labute approximate surface area is 193 Å². The quantitative estimate of drug-likeness (QED) is 0.337. The zero-order valence-corrected chi connectivity index (χ0v) is 19.2. The maximum atomic E-state index is 12.4. The maximum Gasteiger partial charge on any atom is 0.226 e. The van der Waals surface area contributed by atoms with Crippen LogP contribution in [0, 0.1) is 0 Å². The topological polar surface area (TPSA) is 93.8 Å². The molecule has 0 aliphatic rings. The van der Waals surface area contributed by atoms with E-state index in [1.807, 2.05) is 71.5 Å². The Kier molecular flexibility index (Phi) is 7.02. The molecule has 0 atom stereocenters. The Hall–Kier alpha value is -3.68. The van der Waals surface area contributed by atoms with Crippen LogP contribution in [-0.2, 0) is 22.7 Å². The first-order chi connectivity index (χ1) is 16.1. The van der Waals surface area contributed by atoms with Crippen LogP contribution in [0.25, 0.3) is 22.1 Å². The van der Waals surface area contributed by atoms with Crippen LogP contribution >= 0.6 is 0 Å². The predicted molar refractivity (Wildman–Crippen MR) is 131 cm³/mol. The third-order valence-corrected chi connectivity index (χ3v) is 5.75. The fraction of sp³-hybridized carbons (Fsp3) is 0.360. The van der Waals surface area contributed by atoms with E-state index in [0.717, 1.165) is 54.4 Å². The van der Waals surface area contributed by atoms with Gasteiger partial charge in [-0.15, -0.1) is 0 Å². The molecular weight excluding hydrogens is 416 g/mol. The highest BCUT2D eigenvalue weighted by atomic mass is 16.2. The number of para-hydroxylation sites is 4. The van der Waals surface area contributed by atoms with Crippen LogP contribution in [0.2, 0.25) is 0 Å². The highest BCUT2D eigenvalue weighted by Gasteiger charge is 2.13. The summed E-state index contributed by atoms with van der Waals surface area (Å²) >= 11 is 0. The minimum atomic E-state index is -0.0545. The van der Waals surface area contributed by atoms with Gasteiger partial charge in [-0.1, -0.05) is 30.7 Å². The van der Waals surface area contributed by atoms with Crippen LogP contribution in [0.15, 0.2) is 48.5 Å². The van der Waals surface area contributed by atoms with Crippen molar-refractivity contribution in [1.82, 2.24) is 19.1 Å². The van der Waals surface area contributed by atoms with Crippen molar-refractivity contribution >= 4 is 45.8 Å². The van der Waals surface area contributed by atoms with Gasteiger partial charge in [0.25, 0.3) is 0 Å². The number of carbonyl (C=O) groups is 2. The van der Waals surface area contributed by atoms with Crippen molar-refractivity contribution in [2.75, 3.05) is 10.6 Å². The lowest BCUT2D eigenvalue weighted by Gasteiger charge is -2.08. The van der Waals surface area contributed by atoms with Gasteiger partial charge in [-0.05, 0) is 51.0 Å². The van der Waals surface area contributed by atoms with E-state index >= 15 is 0 Å². The Morgan fingerprint density at radius 2 is 1.12 bits per heavy atom. The number of anilines is 2. The van der Waals surface area contributed by atoms with Crippen LogP contribution < -0.4 is 10.6 Å². The van der Waals surface area contributed by atoms with E-state index in [2.05, 4.69) is 20.6 Å². The van der Waals surface area contributed by atoms with Crippen molar-refractivity contribution in [1.29, 1.82) is 0 Å². The Morgan fingerprint density at radius 3 is 1.55 bits per heavy atom. The minimum absolute atomic E-state index is 0.0545. The van der Waals surface area contributed by atoms with Gasteiger partial charge < -0.3 is 9.13 Å². The number of aryl methyl sites for hydroxylation is 2. The maximum absolute atomic E-state index is 12.4. The number of hydrogen-bond donors (Lipinski definition) is 2. The minimum Gasteiger partial charge on any atom is -0.310 e. The fourth-order valence-electron chi connectivity index (χ4n) is 4.10. The van der Waals surface area contributed by atoms with E-state index in [1.54, 1.807) is 0 Å². The molecule has 0 unspecified atom stereocenters. The molecule has 0 aliphatic heterocycles. The van der Waals surface area contributed by atoms with Crippen LogP contribution in [0.1, 0.15) is 46.0 Å². The molecular formula is C25H30N6O2. The highest BCUT2D eigenvalue weighted by molar-refractivity contribution is 5.92. The number of fused-ring (bicyclic) bond motifs is 2. The lowest BCUT2D eigenvalue weighted by atomic mass is 10.1. The van der Waals surface area contributed by atoms with Crippen molar-refractivity contribution in [3.05, 3.63) is 48.5 Å². The van der Waals surface area contributed by atoms with Gasteiger partial charge in [0.05, 0.1) is 22.1 Å². The molecule has 8 nitrogen and oxygen atoms in total. The standard InChI is InChI=1S/C25H30N6O2/c1-3-30-20-14-10-8-12-18(20)26-24(30)28-22(32)16-6-5-7-17-23(33)29-25-27-19-13-9-11-15-21(19)31(25)4-2/h8-15H,3-7,16-17H2,1-2H3,(H,26,28,32)(H,27,29,33). The van der Waals surface area contributed by atoms with E-state index in [1.165, 1.54) is 0 Å². The number of unbranched alkanes of at least 4 members (excludes halogenated alkanes) is 2. The average Bonchev–Trinajstić information content (AvgIpc) is 3.35. The molecule has 2 N–H and O–H groups in total. The van der Waals surface area contributed by atoms with E-state index in [9.17, 15) is 9.59 Å². The molecule has 2 heterocycles. The normalized spacial score (nSPS) is 11.2. The molecule has 172 valence electrons. The van der Waals surface area contributed by atoms with Crippen LogP contribution in [0.3, 0.4) is 0 Å². The molecule has 4 aromatic rings. The number of rotatable bonds is 10. The summed E-state index contributed by atoms with van der Waals surface area (Å²) in [5.74, 6) is 1.06. The molecule has 0 aliphatic carbocycles. The van der Waals surface area contributed by atoms with E-state index in [4.69, 9.17) is 0 Å². The first-order valence-corrected chi connectivity index (χ1v) is 11.6. The molecule has 0 fully saturated rings. The second-order valence-electron chi connectivity index (χ2n) is 7.99. The number of hydrogen-bond acceptors (Lipinski definition) is 4. The summed E-state index contributed by atoms with van der Waals surface area (Å²) in [4.78, 5) is 33.9. The van der Waals surface area contributed by atoms with Crippen molar-refractivity contribution in [3.63, 3.8) is 0 Å². The zero-order chi connectivity index (χ0) is 23.2. The molecule has 33 heavy (non-hydrogen) atoms. The second kappa shape index (κ2) is 10.3. The van der Waals surface area contributed by atoms with Gasteiger partial charge in [0.1, 0.15) is 0 Å². The third kappa shape index (κ3) is 5.05. The van der Waals surface area contributed by atoms with E-state index < -0.39 is 0 Å². The SMILES string of the molecule is CCn1c(NC(=O)CCCCCC(=O)Nc2nc3ccccc3n2CC)nc2ccccc21. The van der Waals surface area contributed by atoms with Crippen molar-refractivity contribution < 1.29 is 9.59 Å². The van der Waals surface area contributed by atoms with Gasteiger partial charge in [0, 0.05) is 25.9 Å². The van der Waals surface area contributed by atoms with Crippen LogP contribution in [0.5, 0.6) is 0 Å². The van der Waals surface area contributed by atoms with E-state index in [-0.39, 0.29) is 11.8 Å². The summed E-state index contributed by atoms with van der Waals surface area (Å²) < 4.78 is 4.00. The van der Waals surface area contributed by atoms with Crippen molar-refractivity contribution in [3.8, 4) is 0 Å². The summed E-state index contributed by atoms with van der Waals surface area (Å²) in [6.07, 6.45) is 3.05. The number of aromatic nitrogens is 4. The number of benzene rings is 2. The monoisotopic (exact) mass is 446 g/mol. The number of amides is 2. The smallest absolute Gasteiger partial charge is 0.226 e. The average molecular weight is 447 g/mol. The number of carbonyl (C=O) groups excluding carboxylic acids is 2. The molecule has 2 aromatic heterocycles. The lowest BCUT2D eigenvalue weighted by molar-refractivity contribution is -0.116. The summed E-state index contributed by atoms with van der Waals surface area (Å²) in [5.41, 5.74) is 3.77. The summed E-state index contributed by atoms with van der Waals surface area (Å²) in [6, 6.07) is 15.7. The molecule has 0 radical (unpaired) electrons. The lowest BCUT2D eigenvalue weighted by Crippen LogP contribution is -2.16. The van der Waals surface area contributed by atoms with Crippen LogP contribution in [-0.4, -0.2) is 30.9 Å². The molecule has 0 saturated carbocycles. The first kappa shape index (κ1) is 22.5. The molecule has 4 rings (SSSR count). The molecule has 2 amide bonds. The number of imidazole rings is 2. The summed E-state index contributed by atoms with van der Waals surface area (Å²) in [6.45, 7) is 5.53. The van der Waals surface area contributed by atoms with Gasteiger partial charge in [-0.3, -0.25) is 20.2 Å². The second-order valence-corrected chi connectivity index (χ2v) is 7.99. The fourth-order valence-corrected chi connectivity index (χ4v) is 4.10. The molecule has 0 bridgehead atoms. The van der Waals surface area contributed by atoms with Gasteiger partial charge >= 0.3 is 0 Å². The van der Waals surface area contributed by atoms with Gasteiger partial charge in [-0.25, -0.2) is 9.97 Å². The van der Waals surface area contributed by atoms with Crippen molar-refractivity contribution in [2.45, 2.75) is 59.0 Å². The largest absolute Gasteiger partial charge is 0.310 e. The summed E-state index contributed by atoms with van der Waals surface area (Å²) in [7, 11) is 0. The van der Waals surface area contributed by atoms with Gasteiger partial charge in [0.2, 0.25) is 23.7 Å². The predicted octanol–water partition coefficient (Wildman–Crippen LogP) is 4.95. The number of nitrogens with one attached hydrogen (secondary N) is 2. The third-order valence-electron chi connectivity index (χ3n) is 5.75. The highest BCUT2D eigenvalue weighted by Crippen LogP contribution is 2.21. The van der Waals surface area contributed by atoms with Gasteiger partial charge in [-0.2, -0.15) is 0 Å². The zero-order valence-electron chi connectivity index (χ0n) is 19.2. The number of nitrogens with zero attached hydrogens (tertiary/aromatic N) is 4. The van der Waals surface area contributed by atoms with Gasteiger partial charge in [0.15, 0.2) is 0 Å². The molecule has 0 saturated heterocycles. The Morgan fingerprint density at radius 1 is 0.697 bits per heavy atom. The molecule has 0 spiro atoms. The molecule has 2 aromatic carbocycles. The summed E-state index contributed by atoms with van der Waals surface area (Å²) in [5, 5.41) is 5.86. The first-order valence-electron chi connectivity index (χ1n) is 11.6. The van der Waals surface area contributed by atoms with E-state index in [0.29, 0.717) is 24.7 Å². The Bertz CT molecular complexity index is 1170. The Balaban J connectivity index is 1.21. The van der Waals surface area contributed by atoms with Crippen molar-refractivity contribution in [2.24, 2.45) is 0 Å².